The molecule has 122 valence electrons. The molecule has 1 heterocycles. The molecule has 23 heavy (non-hydrogen) atoms. The largest absolute Gasteiger partial charge is 0.494 e. The minimum atomic E-state index is -0.596. The Kier molecular flexibility index (Phi) is 5.41. The maximum Gasteiger partial charge on any atom is 0.338 e. The number of esters is 1. The summed E-state index contributed by atoms with van der Waals surface area (Å²) in [4.78, 5) is 24.1. The van der Waals surface area contributed by atoms with E-state index in [9.17, 15) is 9.59 Å². The van der Waals surface area contributed by atoms with E-state index in [-0.39, 0.29) is 12.6 Å². The molecule has 0 aliphatic carbocycles. The van der Waals surface area contributed by atoms with Gasteiger partial charge in [0.25, 0.3) is 0 Å². The van der Waals surface area contributed by atoms with Gasteiger partial charge < -0.3 is 20.1 Å². The molecule has 6 heteroatoms. The molecular formula is C17H20N2O4. The van der Waals surface area contributed by atoms with Crippen LogP contribution in [0.1, 0.15) is 25.5 Å². The zero-order chi connectivity index (χ0) is 16.8. The summed E-state index contributed by atoms with van der Waals surface area (Å²) in [5.74, 6) is 0.177. The molecule has 1 atom stereocenters. The highest BCUT2D eigenvalue weighted by molar-refractivity contribution is 5.95. The summed E-state index contributed by atoms with van der Waals surface area (Å²) >= 11 is 0. The van der Waals surface area contributed by atoms with E-state index in [1.807, 2.05) is 25.1 Å². The first-order valence-electron chi connectivity index (χ1n) is 7.35. The van der Waals surface area contributed by atoms with E-state index < -0.39 is 12.0 Å². The molecule has 0 unspecified atom stereocenters. The first kappa shape index (κ1) is 16.6. The van der Waals surface area contributed by atoms with Gasteiger partial charge in [-0.1, -0.05) is 24.8 Å². The Morgan fingerprint density at radius 1 is 1.43 bits per heavy atom. The normalized spacial score (nSPS) is 17.1. The molecule has 2 N–H and O–H groups in total. The van der Waals surface area contributed by atoms with Gasteiger partial charge in [0, 0.05) is 5.70 Å². The number of benzene rings is 1. The van der Waals surface area contributed by atoms with Crippen molar-refractivity contribution in [2.75, 3.05) is 13.2 Å². The van der Waals surface area contributed by atoms with Crippen molar-refractivity contribution >= 4 is 12.0 Å². The molecule has 1 aliphatic heterocycles. The summed E-state index contributed by atoms with van der Waals surface area (Å²) in [5.41, 5.74) is 1.57. The van der Waals surface area contributed by atoms with Gasteiger partial charge in [-0.25, -0.2) is 9.59 Å². The Bertz CT molecular complexity index is 652. The fourth-order valence-corrected chi connectivity index (χ4v) is 2.38. The van der Waals surface area contributed by atoms with Crippen LogP contribution in [-0.4, -0.2) is 25.2 Å². The van der Waals surface area contributed by atoms with E-state index in [2.05, 4.69) is 17.2 Å². The number of rotatable bonds is 6. The smallest absolute Gasteiger partial charge is 0.338 e. The summed E-state index contributed by atoms with van der Waals surface area (Å²) in [7, 11) is 0. The van der Waals surface area contributed by atoms with Crippen LogP contribution in [0, 0.1) is 0 Å². The third kappa shape index (κ3) is 3.91. The molecule has 0 saturated heterocycles. The van der Waals surface area contributed by atoms with Crippen molar-refractivity contribution < 1.29 is 19.1 Å². The number of nitrogens with one attached hydrogen (secondary N) is 2. The van der Waals surface area contributed by atoms with Gasteiger partial charge in [-0.15, -0.1) is 0 Å². The minimum absolute atomic E-state index is 0.106. The van der Waals surface area contributed by atoms with Crippen LogP contribution < -0.4 is 15.4 Å². The van der Waals surface area contributed by atoms with Crippen LogP contribution in [0.15, 0.2) is 48.2 Å². The van der Waals surface area contributed by atoms with Crippen molar-refractivity contribution in [2.24, 2.45) is 0 Å². The van der Waals surface area contributed by atoms with E-state index in [1.54, 1.807) is 13.0 Å². The van der Waals surface area contributed by atoms with Crippen molar-refractivity contribution in [3.8, 4) is 5.75 Å². The fourth-order valence-electron chi connectivity index (χ4n) is 2.38. The predicted molar refractivity (Wildman–Crippen MR) is 85.9 cm³/mol. The number of carbonyl (C=O) groups is 2. The molecule has 6 nitrogen and oxygen atoms in total. The highest BCUT2D eigenvalue weighted by Crippen LogP contribution is 2.29. The average Bonchev–Trinajstić information content (AvgIpc) is 2.52. The Balaban J connectivity index is 2.38. The molecular weight excluding hydrogens is 296 g/mol. The lowest BCUT2D eigenvalue weighted by molar-refractivity contribution is -0.138. The summed E-state index contributed by atoms with van der Waals surface area (Å²) in [6, 6.07) is 6.30. The second-order valence-corrected chi connectivity index (χ2v) is 4.96. The fraction of sp³-hybridized carbons (Fsp3) is 0.294. The van der Waals surface area contributed by atoms with Crippen molar-refractivity contribution in [1.82, 2.24) is 10.6 Å². The van der Waals surface area contributed by atoms with Crippen molar-refractivity contribution in [3.05, 3.63) is 53.8 Å². The standard InChI is InChI=1S/C17H20N2O4/c1-4-9-23-16(20)14-11(3)18-17(21)19-15(14)12-7-6-8-13(10-12)22-5-2/h4,6-8,10,15H,1,5,9H2,2-3H3,(H2,18,19,21)/t15-/m1/s1. The summed E-state index contributed by atoms with van der Waals surface area (Å²) in [6.07, 6.45) is 1.49. The number of hydrogen-bond donors (Lipinski definition) is 2. The molecule has 0 radical (unpaired) electrons. The second kappa shape index (κ2) is 7.49. The third-order valence-corrected chi connectivity index (χ3v) is 3.32. The average molecular weight is 316 g/mol. The zero-order valence-corrected chi connectivity index (χ0v) is 13.2. The molecule has 0 spiro atoms. The highest BCUT2D eigenvalue weighted by atomic mass is 16.5. The molecule has 2 amide bonds. The van der Waals surface area contributed by atoms with Gasteiger partial charge in [-0.3, -0.25) is 0 Å². The van der Waals surface area contributed by atoms with Crippen LogP contribution >= 0.6 is 0 Å². The number of amides is 2. The number of allylic oxidation sites excluding steroid dienone is 1. The van der Waals surface area contributed by atoms with Crippen molar-refractivity contribution in [3.63, 3.8) is 0 Å². The van der Waals surface area contributed by atoms with Gasteiger partial charge in [0.05, 0.1) is 18.2 Å². The Labute approximate surface area is 135 Å². The number of urea groups is 1. The molecule has 1 aromatic carbocycles. The van der Waals surface area contributed by atoms with Crippen LogP contribution in [0.2, 0.25) is 0 Å². The predicted octanol–water partition coefficient (Wildman–Crippen LogP) is 2.44. The van der Waals surface area contributed by atoms with E-state index in [0.717, 1.165) is 5.56 Å². The first-order chi connectivity index (χ1) is 11.1. The summed E-state index contributed by atoms with van der Waals surface area (Å²) in [5, 5.41) is 5.35. The van der Waals surface area contributed by atoms with Crippen molar-refractivity contribution in [2.45, 2.75) is 19.9 Å². The molecule has 0 bridgehead atoms. The first-order valence-corrected chi connectivity index (χ1v) is 7.35. The molecule has 2 rings (SSSR count). The van der Waals surface area contributed by atoms with E-state index in [0.29, 0.717) is 23.6 Å². The number of ether oxygens (including phenoxy) is 2. The SMILES string of the molecule is C=CCOC(=O)C1=C(C)NC(=O)N[C@@H]1c1cccc(OCC)c1. The number of carbonyl (C=O) groups excluding carboxylic acids is 2. The molecule has 0 saturated carbocycles. The van der Waals surface area contributed by atoms with Crippen LogP contribution in [0.3, 0.4) is 0 Å². The minimum Gasteiger partial charge on any atom is -0.494 e. The van der Waals surface area contributed by atoms with E-state index in [4.69, 9.17) is 9.47 Å². The van der Waals surface area contributed by atoms with Gasteiger partial charge >= 0.3 is 12.0 Å². The topological polar surface area (TPSA) is 76.7 Å². The molecule has 1 aliphatic rings. The molecule has 1 aromatic rings. The van der Waals surface area contributed by atoms with Gasteiger partial charge in [-0.05, 0) is 31.5 Å². The van der Waals surface area contributed by atoms with Crippen molar-refractivity contribution in [1.29, 1.82) is 0 Å². The highest BCUT2D eigenvalue weighted by Gasteiger charge is 2.32. The summed E-state index contributed by atoms with van der Waals surface area (Å²) < 4.78 is 10.6. The lowest BCUT2D eigenvalue weighted by Crippen LogP contribution is -2.45. The van der Waals surface area contributed by atoms with Gasteiger partial charge in [-0.2, -0.15) is 0 Å². The maximum atomic E-state index is 12.3. The van der Waals surface area contributed by atoms with E-state index >= 15 is 0 Å². The van der Waals surface area contributed by atoms with Gasteiger partial charge in [0.2, 0.25) is 0 Å². The van der Waals surface area contributed by atoms with Crippen LogP contribution in [0.5, 0.6) is 5.75 Å². The quantitative estimate of drug-likeness (QED) is 0.624. The van der Waals surface area contributed by atoms with Crippen LogP contribution in [0.4, 0.5) is 4.79 Å². The van der Waals surface area contributed by atoms with Crippen LogP contribution in [-0.2, 0) is 9.53 Å². The van der Waals surface area contributed by atoms with Crippen LogP contribution in [0.25, 0.3) is 0 Å². The van der Waals surface area contributed by atoms with E-state index in [1.165, 1.54) is 6.08 Å². The third-order valence-electron chi connectivity index (χ3n) is 3.32. The second-order valence-electron chi connectivity index (χ2n) is 4.96. The molecule has 0 fully saturated rings. The lowest BCUT2D eigenvalue weighted by atomic mass is 9.95. The maximum absolute atomic E-state index is 12.3. The summed E-state index contributed by atoms with van der Waals surface area (Å²) in [6.45, 7) is 7.72. The zero-order valence-electron chi connectivity index (χ0n) is 13.2. The monoisotopic (exact) mass is 316 g/mol. The van der Waals surface area contributed by atoms with Gasteiger partial charge in [0.1, 0.15) is 12.4 Å². The lowest BCUT2D eigenvalue weighted by Gasteiger charge is -2.28. The Hall–Kier alpha value is -2.76. The van der Waals surface area contributed by atoms with Gasteiger partial charge in [0.15, 0.2) is 0 Å². The Morgan fingerprint density at radius 3 is 2.91 bits per heavy atom. The number of hydrogen-bond acceptors (Lipinski definition) is 4. The molecule has 0 aromatic heterocycles. The Morgan fingerprint density at radius 2 is 2.22 bits per heavy atom.